The first-order valence-electron chi connectivity index (χ1n) is 6.17. The van der Waals surface area contributed by atoms with Crippen LogP contribution in [0.4, 0.5) is 5.69 Å². The number of rotatable bonds is 6. The lowest BCUT2D eigenvalue weighted by Gasteiger charge is -2.26. The van der Waals surface area contributed by atoms with Gasteiger partial charge in [-0.3, -0.25) is 4.79 Å². The highest BCUT2D eigenvalue weighted by molar-refractivity contribution is 5.79. The van der Waals surface area contributed by atoms with Crippen molar-refractivity contribution in [3.63, 3.8) is 0 Å². The van der Waals surface area contributed by atoms with E-state index < -0.39 is 0 Å². The maximum absolute atomic E-state index is 11.1. The van der Waals surface area contributed by atoms with Crippen LogP contribution in [-0.4, -0.2) is 24.1 Å². The molecular formula is C14H22N2O2. The molecule has 0 heterocycles. The molecule has 100 valence electrons. The Labute approximate surface area is 108 Å². The van der Waals surface area contributed by atoms with Crippen LogP contribution in [0.5, 0.6) is 0 Å². The Morgan fingerprint density at radius 2 is 2.11 bits per heavy atom. The number of hydrogen-bond donors (Lipinski definition) is 2. The molecule has 0 aromatic heterocycles. The molecule has 0 radical (unpaired) electrons. The zero-order valence-corrected chi connectivity index (χ0v) is 11.3. The van der Waals surface area contributed by atoms with E-state index in [1.54, 1.807) is 0 Å². The molecular weight excluding hydrogens is 228 g/mol. The van der Waals surface area contributed by atoms with Crippen LogP contribution in [0.15, 0.2) is 18.2 Å². The first-order chi connectivity index (χ1) is 8.43. The van der Waals surface area contributed by atoms with Crippen molar-refractivity contribution in [3.05, 3.63) is 29.3 Å². The van der Waals surface area contributed by atoms with Crippen LogP contribution >= 0.6 is 0 Å². The predicted molar refractivity (Wildman–Crippen MR) is 73.3 cm³/mol. The average Bonchev–Trinajstić information content (AvgIpc) is 2.26. The maximum Gasteiger partial charge on any atom is 0.236 e. The number of benzene rings is 1. The molecule has 1 rings (SSSR count). The standard InChI is InChI=1S/C14H22N2O2/c1-10(2)7-16(8-14(15)18)13-5-4-12(9-17)11(3)6-13/h4-6,10,17H,7-9H2,1-3H3,(H2,15,18). The summed E-state index contributed by atoms with van der Waals surface area (Å²) in [6.45, 7) is 7.18. The van der Waals surface area contributed by atoms with Crippen molar-refractivity contribution in [1.82, 2.24) is 0 Å². The third kappa shape index (κ3) is 4.04. The normalized spacial score (nSPS) is 10.7. The lowest BCUT2D eigenvalue weighted by atomic mass is 10.1. The summed E-state index contributed by atoms with van der Waals surface area (Å²) in [6, 6.07) is 5.79. The third-order valence-electron chi connectivity index (χ3n) is 2.79. The summed E-state index contributed by atoms with van der Waals surface area (Å²) in [7, 11) is 0. The second-order valence-electron chi connectivity index (χ2n) is 5.01. The van der Waals surface area contributed by atoms with Crippen LogP contribution < -0.4 is 10.6 Å². The number of anilines is 1. The van der Waals surface area contributed by atoms with Crippen molar-refractivity contribution in [2.24, 2.45) is 11.7 Å². The van der Waals surface area contributed by atoms with E-state index in [0.29, 0.717) is 5.92 Å². The quantitative estimate of drug-likeness (QED) is 0.802. The van der Waals surface area contributed by atoms with Crippen molar-refractivity contribution in [3.8, 4) is 0 Å². The molecule has 0 fully saturated rings. The highest BCUT2D eigenvalue weighted by Gasteiger charge is 2.12. The molecule has 0 unspecified atom stereocenters. The summed E-state index contributed by atoms with van der Waals surface area (Å²) in [5.74, 6) is 0.113. The minimum atomic E-state index is -0.334. The molecule has 4 heteroatoms. The van der Waals surface area contributed by atoms with E-state index in [-0.39, 0.29) is 19.1 Å². The zero-order valence-electron chi connectivity index (χ0n) is 11.3. The summed E-state index contributed by atoms with van der Waals surface area (Å²) in [4.78, 5) is 13.1. The number of carbonyl (C=O) groups excluding carboxylic acids is 1. The second-order valence-corrected chi connectivity index (χ2v) is 5.01. The van der Waals surface area contributed by atoms with Crippen molar-refractivity contribution in [1.29, 1.82) is 0 Å². The molecule has 1 aromatic rings. The van der Waals surface area contributed by atoms with Crippen molar-refractivity contribution in [2.45, 2.75) is 27.4 Å². The minimum absolute atomic E-state index is 0.0338. The van der Waals surface area contributed by atoms with E-state index in [0.717, 1.165) is 23.4 Å². The van der Waals surface area contributed by atoms with Crippen LogP contribution in [0.1, 0.15) is 25.0 Å². The minimum Gasteiger partial charge on any atom is -0.392 e. The Bertz CT molecular complexity index is 416. The second kappa shape index (κ2) is 6.40. The molecule has 0 aliphatic carbocycles. The van der Waals surface area contributed by atoms with Gasteiger partial charge >= 0.3 is 0 Å². The number of nitrogens with zero attached hydrogens (tertiary/aromatic N) is 1. The Kier molecular flexibility index (Phi) is 5.16. The van der Waals surface area contributed by atoms with Gasteiger partial charge in [0.05, 0.1) is 13.2 Å². The third-order valence-corrected chi connectivity index (χ3v) is 2.79. The largest absolute Gasteiger partial charge is 0.392 e. The van der Waals surface area contributed by atoms with Gasteiger partial charge in [0.2, 0.25) is 5.91 Å². The molecule has 18 heavy (non-hydrogen) atoms. The summed E-state index contributed by atoms with van der Waals surface area (Å²) < 4.78 is 0. The topological polar surface area (TPSA) is 66.6 Å². The van der Waals surface area contributed by atoms with E-state index in [4.69, 9.17) is 10.8 Å². The van der Waals surface area contributed by atoms with E-state index in [1.807, 2.05) is 30.0 Å². The maximum atomic E-state index is 11.1. The van der Waals surface area contributed by atoms with Gasteiger partial charge in [0, 0.05) is 12.2 Å². The Morgan fingerprint density at radius 3 is 2.56 bits per heavy atom. The fourth-order valence-electron chi connectivity index (χ4n) is 1.94. The van der Waals surface area contributed by atoms with Crippen LogP contribution in [-0.2, 0) is 11.4 Å². The van der Waals surface area contributed by atoms with Crippen LogP contribution in [0, 0.1) is 12.8 Å². The molecule has 1 aromatic carbocycles. The van der Waals surface area contributed by atoms with Gasteiger partial charge in [-0.05, 0) is 36.1 Å². The predicted octanol–water partition coefficient (Wildman–Crippen LogP) is 1.44. The van der Waals surface area contributed by atoms with E-state index >= 15 is 0 Å². The van der Waals surface area contributed by atoms with E-state index in [9.17, 15) is 4.79 Å². The monoisotopic (exact) mass is 250 g/mol. The van der Waals surface area contributed by atoms with Gasteiger partial charge < -0.3 is 15.7 Å². The first-order valence-corrected chi connectivity index (χ1v) is 6.17. The molecule has 0 saturated carbocycles. The van der Waals surface area contributed by atoms with Gasteiger partial charge in [0.25, 0.3) is 0 Å². The molecule has 1 amide bonds. The molecule has 0 saturated heterocycles. The van der Waals surface area contributed by atoms with Gasteiger partial charge in [-0.25, -0.2) is 0 Å². The molecule has 3 N–H and O–H groups in total. The molecule has 0 aliphatic heterocycles. The summed E-state index contributed by atoms with van der Waals surface area (Å²) >= 11 is 0. The average molecular weight is 250 g/mol. The summed E-state index contributed by atoms with van der Waals surface area (Å²) in [5.41, 5.74) is 8.18. The highest BCUT2D eigenvalue weighted by Crippen LogP contribution is 2.20. The van der Waals surface area contributed by atoms with Crippen LogP contribution in [0.3, 0.4) is 0 Å². The number of aliphatic hydroxyl groups is 1. The molecule has 4 nitrogen and oxygen atoms in total. The fraction of sp³-hybridized carbons (Fsp3) is 0.500. The van der Waals surface area contributed by atoms with Gasteiger partial charge in [0.1, 0.15) is 0 Å². The van der Waals surface area contributed by atoms with Gasteiger partial charge in [-0.2, -0.15) is 0 Å². The smallest absolute Gasteiger partial charge is 0.236 e. The Morgan fingerprint density at radius 1 is 1.44 bits per heavy atom. The number of amides is 1. The lowest BCUT2D eigenvalue weighted by Crippen LogP contribution is -2.36. The van der Waals surface area contributed by atoms with E-state index in [1.165, 1.54) is 0 Å². The van der Waals surface area contributed by atoms with Gasteiger partial charge in [-0.1, -0.05) is 19.9 Å². The molecule has 0 bridgehead atoms. The Balaban J connectivity index is 2.97. The lowest BCUT2D eigenvalue weighted by molar-refractivity contribution is -0.116. The highest BCUT2D eigenvalue weighted by atomic mass is 16.3. The van der Waals surface area contributed by atoms with Gasteiger partial charge in [-0.15, -0.1) is 0 Å². The Hall–Kier alpha value is -1.55. The SMILES string of the molecule is Cc1cc(N(CC(N)=O)CC(C)C)ccc1CO. The number of aryl methyl sites for hydroxylation is 1. The van der Waals surface area contributed by atoms with Crippen LogP contribution in [0.25, 0.3) is 0 Å². The number of hydrogen-bond acceptors (Lipinski definition) is 3. The summed E-state index contributed by atoms with van der Waals surface area (Å²) in [5, 5.41) is 9.15. The first kappa shape index (κ1) is 14.5. The molecule has 0 spiro atoms. The molecule has 0 atom stereocenters. The number of primary amides is 1. The van der Waals surface area contributed by atoms with Gasteiger partial charge in [0.15, 0.2) is 0 Å². The van der Waals surface area contributed by atoms with Crippen molar-refractivity contribution in [2.75, 3.05) is 18.0 Å². The number of carbonyl (C=O) groups is 1. The number of nitrogens with two attached hydrogens (primary N) is 1. The van der Waals surface area contributed by atoms with Crippen LogP contribution in [0.2, 0.25) is 0 Å². The van der Waals surface area contributed by atoms with E-state index in [2.05, 4.69) is 13.8 Å². The fourth-order valence-corrected chi connectivity index (χ4v) is 1.94. The zero-order chi connectivity index (χ0) is 13.7. The molecule has 0 aliphatic rings. The van der Waals surface area contributed by atoms with Crippen molar-refractivity contribution < 1.29 is 9.90 Å². The van der Waals surface area contributed by atoms with Crippen molar-refractivity contribution >= 4 is 11.6 Å². The number of aliphatic hydroxyl groups excluding tert-OH is 1. The summed E-state index contributed by atoms with van der Waals surface area (Å²) in [6.07, 6.45) is 0.